The highest BCUT2D eigenvalue weighted by Gasteiger charge is 2.19. The van der Waals surface area contributed by atoms with Gasteiger partial charge in [-0.25, -0.2) is 10.3 Å². The van der Waals surface area contributed by atoms with Crippen molar-refractivity contribution in [2.45, 2.75) is 25.6 Å². The third kappa shape index (κ3) is 3.15. The second kappa shape index (κ2) is 5.60. The zero-order valence-electron chi connectivity index (χ0n) is 9.30. The van der Waals surface area contributed by atoms with E-state index in [1.54, 1.807) is 12.1 Å². The van der Waals surface area contributed by atoms with E-state index < -0.39 is 12.2 Å². The lowest BCUT2D eigenvalue weighted by molar-refractivity contribution is -0.608. The van der Waals surface area contributed by atoms with Crippen LogP contribution in [-0.2, 0) is 9.57 Å². The van der Waals surface area contributed by atoms with E-state index in [1.165, 1.54) is 12.3 Å². The summed E-state index contributed by atoms with van der Waals surface area (Å²) in [5, 5.41) is 11.3. The molecule has 0 radical (unpaired) electrons. The smallest absolute Gasteiger partial charge is 0.340 e. The van der Waals surface area contributed by atoms with Crippen molar-refractivity contribution in [1.29, 1.82) is 0 Å². The molecule has 1 amide bonds. The van der Waals surface area contributed by atoms with E-state index in [2.05, 4.69) is 5.48 Å². The number of amides is 1. The average Bonchev–Trinajstić information content (AvgIpc) is 2.38. The quantitative estimate of drug-likeness (QED) is 0.473. The molecule has 6 nitrogen and oxygen atoms in total. The number of hydroxylamine groups is 1. The van der Waals surface area contributed by atoms with E-state index >= 15 is 0 Å². The van der Waals surface area contributed by atoms with Crippen LogP contribution in [-0.4, -0.2) is 18.8 Å². The van der Waals surface area contributed by atoms with E-state index in [4.69, 9.17) is 9.57 Å². The lowest BCUT2D eigenvalue weighted by atomic mass is 10.2. The van der Waals surface area contributed by atoms with Crippen LogP contribution in [0.5, 0.6) is 0 Å². The van der Waals surface area contributed by atoms with Crippen LogP contribution in [0.2, 0.25) is 0 Å². The van der Waals surface area contributed by atoms with E-state index in [0.717, 1.165) is 19.3 Å². The molecule has 0 bridgehead atoms. The molecule has 0 spiro atoms. The highest BCUT2D eigenvalue weighted by atomic mass is 16.8. The molecule has 0 aromatic carbocycles. The van der Waals surface area contributed by atoms with E-state index in [-0.39, 0.29) is 5.69 Å². The molecule has 1 fully saturated rings. The Balaban J connectivity index is 1.87. The lowest BCUT2D eigenvalue weighted by Gasteiger charge is -2.21. The van der Waals surface area contributed by atoms with Crippen LogP contribution in [0.15, 0.2) is 24.4 Å². The van der Waals surface area contributed by atoms with Gasteiger partial charge >= 0.3 is 5.91 Å². The molecule has 2 rings (SSSR count). The maximum Gasteiger partial charge on any atom is 0.340 e. The summed E-state index contributed by atoms with van der Waals surface area (Å²) < 4.78 is 5.76. The normalized spacial score (nSPS) is 19.9. The number of carbonyl (C=O) groups excluding carboxylic acids is 1. The Hall–Kier alpha value is -1.66. The number of nitrogens with zero attached hydrogens (tertiary/aromatic N) is 1. The molecule has 6 heteroatoms. The van der Waals surface area contributed by atoms with Gasteiger partial charge in [-0.15, -0.1) is 0 Å². The molecule has 1 aliphatic heterocycles. The molecular weight excluding hydrogens is 224 g/mol. The van der Waals surface area contributed by atoms with Crippen LogP contribution < -0.4 is 10.2 Å². The summed E-state index contributed by atoms with van der Waals surface area (Å²) in [7, 11) is 0. The average molecular weight is 238 g/mol. The molecule has 17 heavy (non-hydrogen) atoms. The van der Waals surface area contributed by atoms with Gasteiger partial charge in [-0.2, -0.15) is 4.73 Å². The Morgan fingerprint density at radius 2 is 2.41 bits per heavy atom. The number of pyridine rings is 1. The minimum absolute atomic E-state index is 0.0108. The molecule has 1 aromatic rings. The minimum atomic E-state index is -0.574. The fourth-order valence-electron chi connectivity index (χ4n) is 1.58. The fraction of sp³-hybridized carbons (Fsp3) is 0.455. The standard InChI is InChI=1S/C11H14N2O4/c14-11(9-5-1-3-7-13(9)15)12-17-10-6-2-4-8-16-10/h1,3,5,7,10H,2,4,6,8H2,(H,12,14)/t10-/m1/s1. The van der Waals surface area contributed by atoms with Gasteiger partial charge in [0.2, 0.25) is 0 Å². The van der Waals surface area contributed by atoms with Crippen molar-refractivity contribution in [1.82, 2.24) is 5.48 Å². The van der Waals surface area contributed by atoms with Gasteiger partial charge in [0.25, 0.3) is 5.69 Å². The summed E-state index contributed by atoms with van der Waals surface area (Å²) >= 11 is 0. The van der Waals surface area contributed by atoms with Crippen molar-refractivity contribution in [3.05, 3.63) is 35.3 Å². The third-order valence-electron chi connectivity index (χ3n) is 2.48. The molecular formula is C11H14N2O4. The number of hydrogen-bond acceptors (Lipinski definition) is 4. The van der Waals surface area contributed by atoms with Gasteiger partial charge in [-0.05, 0) is 18.9 Å². The fourth-order valence-corrected chi connectivity index (χ4v) is 1.58. The zero-order valence-corrected chi connectivity index (χ0v) is 9.30. The summed E-state index contributed by atoms with van der Waals surface area (Å²) in [6, 6.07) is 4.59. The highest BCUT2D eigenvalue weighted by molar-refractivity contribution is 5.89. The summed E-state index contributed by atoms with van der Waals surface area (Å²) in [6.45, 7) is 0.632. The first-order valence-corrected chi connectivity index (χ1v) is 5.53. The SMILES string of the molecule is O=C(NO[C@@H]1CCCCO1)c1cccc[n+]1[O-]. The van der Waals surface area contributed by atoms with Gasteiger partial charge in [0.15, 0.2) is 12.5 Å². The van der Waals surface area contributed by atoms with E-state index in [9.17, 15) is 10.0 Å². The van der Waals surface area contributed by atoms with Crippen LogP contribution in [0.25, 0.3) is 0 Å². The summed E-state index contributed by atoms with van der Waals surface area (Å²) in [5.41, 5.74) is 2.21. The second-order valence-electron chi connectivity index (χ2n) is 3.76. The van der Waals surface area contributed by atoms with Crippen LogP contribution in [0.4, 0.5) is 0 Å². The first-order valence-electron chi connectivity index (χ1n) is 5.53. The van der Waals surface area contributed by atoms with Gasteiger partial charge in [-0.1, -0.05) is 0 Å². The predicted molar refractivity (Wildman–Crippen MR) is 57.5 cm³/mol. The van der Waals surface area contributed by atoms with Crippen molar-refractivity contribution < 1.29 is 19.1 Å². The number of carbonyl (C=O) groups is 1. The van der Waals surface area contributed by atoms with Gasteiger partial charge in [-0.3, -0.25) is 4.79 Å². The molecule has 1 aromatic heterocycles. The molecule has 1 aliphatic rings. The Kier molecular flexibility index (Phi) is 3.89. The van der Waals surface area contributed by atoms with Crippen molar-refractivity contribution in [2.75, 3.05) is 6.61 Å². The Bertz CT molecular complexity index is 391. The van der Waals surface area contributed by atoms with Crippen molar-refractivity contribution in [3.8, 4) is 0 Å². The van der Waals surface area contributed by atoms with Gasteiger partial charge in [0, 0.05) is 25.2 Å². The summed E-state index contributed by atoms with van der Waals surface area (Å²) in [4.78, 5) is 16.7. The molecule has 0 saturated carbocycles. The first kappa shape index (κ1) is 11.8. The van der Waals surface area contributed by atoms with Crippen molar-refractivity contribution in [2.24, 2.45) is 0 Å². The number of ether oxygens (including phenoxy) is 1. The van der Waals surface area contributed by atoms with Crippen molar-refractivity contribution in [3.63, 3.8) is 0 Å². The Morgan fingerprint density at radius 1 is 1.53 bits per heavy atom. The molecule has 92 valence electrons. The molecule has 2 heterocycles. The molecule has 1 saturated heterocycles. The Labute approximate surface area is 98.7 Å². The van der Waals surface area contributed by atoms with E-state index in [0.29, 0.717) is 11.3 Å². The minimum Gasteiger partial charge on any atom is -0.618 e. The summed E-state index contributed by atoms with van der Waals surface area (Å²) in [6.07, 6.45) is 3.59. The maximum absolute atomic E-state index is 11.6. The molecule has 0 aliphatic carbocycles. The van der Waals surface area contributed by atoms with Crippen molar-refractivity contribution >= 4 is 5.91 Å². The van der Waals surface area contributed by atoms with Crippen LogP contribution in [0.1, 0.15) is 29.8 Å². The van der Waals surface area contributed by atoms with Crippen LogP contribution in [0.3, 0.4) is 0 Å². The van der Waals surface area contributed by atoms with Crippen LogP contribution >= 0.6 is 0 Å². The van der Waals surface area contributed by atoms with E-state index in [1.807, 2.05) is 0 Å². The molecule has 1 atom stereocenters. The topological polar surface area (TPSA) is 74.5 Å². The molecule has 1 N–H and O–H groups in total. The third-order valence-corrected chi connectivity index (χ3v) is 2.48. The molecule has 0 unspecified atom stereocenters. The number of nitrogens with one attached hydrogen (secondary N) is 1. The highest BCUT2D eigenvalue weighted by Crippen LogP contribution is 2.12. The predicted octanol–water partition coefficient (Wildman–Crippen LogP) is 0.508. The number of hydrogen-bond donors (Lipinski definition) is 1. The monoisotopic (exact) mass is 238 g/mol. The number of aromatic nitrogens is 1. The Morgan fingerprint density at radius 3 is 3.12 bits per heavy atom. The number of rotatable bonds is 3. The van der Waals surface area contributed by atoms with Gasteiger partial charge in [0.1, 0.15) is 0 Å². The second-order valence-corrected chi connectivity index (χ2v) is 3.76. The van der Waals surface area contributed by atoms with Gasteiger partial charge < -0.3 is 9.94 Å². The first-order chi connectivity index (χ1) is 8.27. The zero-order chi connectivity index (χ0) is 12.1. The van der Waals surface area contributed by atoms with Gasteiger partial charge in [0.05, 0.1) is 0 Å². The maximum atomic E-state index is 11.6. The lowest BCUT2D eigenvalue weighted by Crippen LogP contribution is -2.41. The van der Waals surface area contributed by atoms with Crippen LogP contribution in [0, 0.1) is 5.21 Å². The largest absolute Gasteiger partial charge is 0.618 e. The summed E-state index contributed by atoms with van der Waals surface area (Å²) in [5.74, 6) is -0.574.